The number of aliphatic carboxylic acids is 1. The zero-order chi connectivity index (χ0) is 45.5. The first-order chi connectivity index (χ1) is 29.5. The van der Waals surface area contributed by atoms with E-state index in [1.54, 1.807) is 20.0 Å². The molecule has 2 aromatic rings. The Labute approximate surface area is 365 Å². The van der Waals surface area contributed by atoms with Crippen molar-refractivity contribution < 1.29 is 48.6 Å². The topological polar surface area (TPSA) is 359 Å². The summed E-state index contributed by atoms with van der Waals surface area (Å²) in [6.07, 6.45) is 2.88. The van der Waals surface area contributed by atoms with Gasteiger partial charge in [-0.2, -0.15) is 0 Å². The van der Waals surface area contributed by atoms with E-state index in [4.69, 9.17) is 17.2 Å². The van der Waals surface area contributed by atoms with Crippen molar-refractivity contribution in [1.29, 1.82) is 0 Å². The Balaban J connectivity index is 1.46. The Morgan fingerprint density at radius 3 is 2.39 bits per heavy atom. The molecule has 340 valence electrons. The highest BCUT2D eigenvalue weighted by Crippen LogP contribution is 2.26. The van der Waals surface area contributed by atoms with Gasteiger partial charge in [-0.05, 0) is 43.2 Å². The number of aliphatic hydroxyl groups is 1. The Morgan fingerprint density at radius 2 is 1.69 bits per heavy atom. The Kier molecular flexibility index (Phi) is 18.7. The summed E-state index contributed by atoms with van der Waals surface area (Å²) in [5.41, 5.74) is 18.5. The van der Waals surface area contributed by atoms with Gasteiger partial charge in [-0.1, -0.05) is 53.6 Å². The molecule has 2 aliphatic heterocycles. The van der Waals surface area contributed by atoms with Crippen LogP contribution in [0.3, 0.4) is 0 Å². The molecule has 24 heteroatoms. The highest BCUT2D eigenvalue weighted by molar-refractivity contribution is 8.76. The summed E-state index contributed by atoms with van der Waals surface area (Å²) in [5.74, 6) is -7.12. The van der Waals surface area contributed by atoms with Crippen molar-refractivity contribution in [3.63, 3.8) is 0 Å². The number of hydrogen-bond donors (Lipinski definition) is 12. The van der Waals surface area contributed by atoms with Crippen LogP contribution < -0.4 is 49.1 Å². The average molecular weight is 905 g/mol. The van der Waals surface area contributed by atoms with Gasteiger partial charge in [-0.15, -0.1) is 0 Å². The maximum Gasteiger partial charge on any atom is 0.326 e. The lowest BCUT2D eigenvalue weighted by molar-refractivity contribution is -0.143. The zero-order valence-corrected chi connectivity index (χ0v) is 36.0. The number of aromatic amines is 1. The standard InChI is InChI=1S/C38H56N12O10S2/c1-19(2)30(37(59)60)49-32(54)24(9-5-11-42-38(40)41)45-29(52)15-44-31(53)26(16-51)47-34(56)27-18-62-61-17-22(39)36(58)50-12-6-10-28(50)35(57)46-25(33(55)48-27)13-20-14-43-23-8-4-3-7-21(20)23/h3-4,7-8,14,19,22,24-28,30,43,51H,5-6,9-13,15-18,39H2,1-2H3,(H,44,53)(H,45,52)(H,46,57)(H,47,56)(H,48,55)(H,49,54)(H,59,60)(H4,40,41,42)/t22-,24-,25-,26-,27-,28-,30-/m0/s1. The maximum absolute atomic E-state index is 14.1. The highest BCUT2D eigenvalue weighted by Gasteiger charge is 2.39. The number of nitrogens with one attached hydrogen (secondary N) is 7. The molecule has 7 atom stereocenters. The predicted molar refractivity (Wildman–Crippen MR) is 232 cm³/mol. The van der Waals surface area contributed by atoms with Gasteiger partial charge < -0.3 is 69.2 Å². The number of guanidine groups is 1. The highest BCUT2D eigenvalue weighted by atomic mass is 33.1. The minimum atomic E-state index is -1.61. The molecular formula is C38H56N12O10S2. The average Bonchev–Trinajstić information content (AvgIpc) is 3.89. The minimum absolute atomic E-state index is 0.000941. The molecule has 2 fully saturated rings. The number of benzene rings is 1. The van der Waals surface area contributed by atoms with E-state index < -0.39 is 109 Å². The van der Waals surface area contributed by atoms with Gasteiger partial charge in [-0.3, -0.25) is 38.6 Å². The number of rotatable bonds is 17. The molecule has 1 aromatic heterocycles. The number of hydrogen-bond acceptors (Lipinski definition) is 13. The molecule has 0 unspecified atom stereocenters. The molecule has 1 aromatic carbocycles. The Bertz CT molecular complexity index is 1980. The normalized spacial score (nSPS) is 21.3. The lowest BCUT2D eigenvalue weighted by atomic mass is 10.0. The number of nitrogens with zero attached hydrogens (tertiary/aromatic N) is 2. The number of amides is 7. The van der Waals surface area contributed by atoms with Crippen LogP contribution in [-0.2, 0) is 44.8 Å². The van der Waals surface area contributed by atoms with Crippen LogP contribution in [0.5, 0.6) is 0 Å². The third kappa shape index (κ3) is 14.0. The third-order valence-corrected chi connectivity index (χ3v) is 12.6. The molecule has 22 nitrogen and oxygen atoms in total. The Morgan fingerprint density at radius 1 is 0.968 bits per heavy atom. The van der Waals surface area contributed by atoms with Gasteiger partial charge in [0.2, 0.25) is 41.4 Å². The van der Waals surface area contributed by atoms with E-state index in [0.717, 1.165) is 21.7 Å². The third-order valence-electron chi connectivity index (χ3n) is 10.2. The first kappa shape index (κ1) is 49.1. The lowest BCUT2D eigenvalue weighted by Crippen LogP contribution is -2.60. The van der Waals surface area contributed by atoms with Crippen molar-refractivity contribution >= 4 is 85.8 Å². The second-order valence-corrected chi connectivity index (χ2v) is 17.7. The van der Waals surface area contributed by atoms with Crippen molar-refractivity contribution in [2.75, 3.05) is 37.7 Å². The molecule has 0 radical (unpaired) electrons. The van der Waals surface area contributed by atoms with E-state index in [1.165, 1.54) is 15.7 Å². The molecule has 0 saturated carbocycles. The molecule has 15 N–H and O–H groups in total. The van der Waals surface area contributed by atoms with Crippen molar-refractivity contribution in [1.82, 2.24) is 41.8 Å². The molecule has 3 heterocycles. The van der Waals surface area contributed by atoms with Crippen LogP contribution >= 0.6 is 21.6 Å². The number of carboxylic acids is 1. The quantitative estimate of drug-likeness (QED) is 0.0321. The summed E-state index contributed by atoms with van der Waals surface area (Å²) in [5, 5.41) is 35.5. The van der Waals surface area contributed by atoms with E-state index in [-0.39, 0.29) is 43.3 Å². The maximum atomic E-state index is 14.1. The van der Waals surface area contributed by atoms with Crippen LogP contribution in [0, 0.1) is 5.92 Å². The van der Waals surface area contributed by atoms with E-state index in [9.17, 15) is 48.6 Å². The van der Waals surface area contributed by atoms with Gasteiger partial charge in [0.25, 0.3) is 0 Å². The largest absolute Gasteiger partial charge is 0.480 e. The first-order valence-corrected chi connectivity index (χ1v) is 22.5. The molecule has 4 rings (SSSR count). The number of aromatic nitrogens is 1. The van der Waals surface area contributed by atoms with Crippen molar-refractivity contribution in [2.45, 2.75) is 88.2 Å². The van der Waals surface area contributed by atoms with Crippen LogP contribution in [0.25, 0.3) is 10.9 Å². The number of para-hydroxylation sites is 1. The molecule has 2 aliphatic rings. The fraction of sp³-hybridized carbons (Fsp3) is 0.553. The van der Waals surface area contributed by atoms with Gasteiger partial charge in [0.05, 0.1) is 19.2 Å². The fourth-order valence-electron chi connectivity index (χ4n) is 6.82. The SMILES string of the molecule is CC(C)[C@H](NC(=O)[C@H](CCCN=C(N)N)NC(=O)CNC(=O)[C@H](CO)NC(=O)[C@@H]1CSSC[C@H](N)C(=O)N2CCC[C@H]2C(=O)N[C@@H](Cc2c[nH]c3ccccc23)C(=O)N1)C(=O)O. The van der Waals surface area contributed by atoms with Gasteiger partial charge >= 0.3 is 5.97 Å². The molecule has 0 aliphatic carbocycles. The number of carbonyl (C=O) groups excluding carboxylic acids is 7. The monoisotopic (exact) mass is 904 g/mol. The summed E-state index contributed by atoms with van der Waals surface area (Å²) in [7, 11) is 2.31. The van der Waals surface area contributed by atoms with E-state index in [0.29, 0.717) is 24.9 Å². The van der Waals surface area contributed by atoms with Crippen molar-refractivity contribution in [2.24, 2.45) is 28.1 Å². The van der Waals surface area contributed by atoms with Gasteiger partial charge in [0, 0.05) is 48.1 Å². The summed E-state index contributed by atoms with van der Waals surface area (Å²) < 4.78 is 0. The van der Waals surface area contributed by atoms with Gasteiger partial charge in [0.15, 0.2) is 5.96 Å². The number of carbonyl (C=O) groups is 8. The molecular weight excluding hydrogens is 849 g/mol. The summed E-state index contributed by atoms with van der Waals surface area (Å²) in [6.45, 7) is 2.00. The molecule has 7 amide bonds. The van der Waals surface area contributed by atoms with Crippen LogP contribution in [0.2, 0.25) is 0 Å². The minimum Gasteiger partial charge on any atom is -0.480 e. The molecule has 0 spiro atoms. The van der Waals surface area contributed by atoms with E-state index in [2.05, 4.69) is 41.9 Å². The lowest BCUT2D eigenvalue weighted by Gasteiger charge is -2.29. The summed E-state index contributed by atoms with van der Waals surface area (Å²) in [4.78, 5) is 114. The second-order valence-electron chi connectivity index (χ2n) is 15.2. The molecule has 2 saturated heterocycles. The molecule has 62 heavy (non-hydrogen) atoms. The number of nitrogens with two attached hydrogens (primary N) is 3. The van der Waals surface area contributed by atoms with E-state index >= 15 is 0 Å². The number of aliphatic imine (C=N–C) groups is 1. The van der Waals surface area contributed by atoms with E-state index in [1.807, 2.05) is 24.3 Å². The van der Waals surface area contributed by atoms with Crippen molar-refractivity contribution in [3.05, 3.63) is 36.0 Å². The van der Waals surface area contributed by atoms with Crippen molar-refractivity contribution in [3.8, 4) is 0 Å². The number of aliphatic hydroxyl groups excluding tert-OH is 1. The van der Waals surface area contributed by atoms with Crippen LogP contribution in [-0.4, -0.2) is 153 Å². The zero-order valence-electron chi connectivity index (χ0n) is 34.4. The first-order valence-electron chi connectivity index (χ1n) is 20.0. The smallest absolute Gasteiger partial charge is 0.326 e. The summed E-state index contributed by atoms with van der Waals surface area (Å²) in [6, 6.07) is -1.09. The fourth-order valence-corrected chi connectivity index (χ4v) is 9.10. The van der Waals surface area contributed by atoms with Crippen LogP contribution in [0.1, 0.15) is 45.1 Å². The summed E-state index contributed by atoms with van der Waals surface area (Å²) >= 11 is 0. The number of carboxylic acid groups (broad SMARTS) is 1. The predicted octanol–water partition coefficient (Wildman–Crippen LogP) is -3.25. The van der Waals surface area contributed by atoms with Crippen LogP contribution in [0.4, 0.5) is 0 Å². The molecule has 0 bridgehead atoms. The number of fused-ring (bicyclic) bond motifs is 2. The number of H-pyrrole nitrogens is 1. The van der Waals surface area contributed by atoms with Gasteiger partial charge in [-0.25, -0.2) is 4.79 Å². The second kappa shape index (κ2) is 23.6. The van der Waals surface area contributed by atoms with Gasteiger partial charge in [0.1, 0.15) is 36.3 Å². The Hall–Kier alpha value is -5.59. The van der Waals surface area contributed by atoms with Crippen LogP contribution in [0.15, 0.2) is 35.5 Å².